The van der Waals surface area contributed by atoms with Gasteiger partial charge in [0.1, 0.15) is 11.5 Å². The van der Waals surface area contributed by atoms with Crippen molar-refractivity contribution in [2.75, 3.05) is 12.0 Å². The van der Waals surface area contributed by atoms with Gasteiger partial charge >= 0.3 is 0 Å². The summed E-state index contributed by atoms with van der Waals surface area (Å²) in [6.07, 6.45) is 2.62. The number of carbonyl (C=O) groups excluding carboxylic acids is 1. The molecule has 0 saturated carbocycles. The topological polar surface area (TPSA) is 76.2 Å². The van der Waals surface area contributed by atoms with Crippen molar-refractivity contribution in [3.8, 4) is 5.75 Å². The minimum atomic E-state index is -3.34. The summed E-state index contributed by atoms with van der Waals surface area (Å²) >= 11 is 0. The molecule has 1 heterocycles. The van der Waals surface area contributed by atoms with Crippen LogP contribution < -0.4 is 4.74 Å². The summed E-state index contributed by atoms with van der Waals surface area (Å²) in [4.78, 5) is 15.0. The van der Waals surface area contributed by atoms with E-state index >= 15 is 0 Å². The number of Topliss-reactive ketones (excluding diaryl/α,β-unsaturated/α-hetero) is 1. The first kappa shape index (κ1) is 14.6. The Hall–Kier alpha value is -1.82. The lowest BCUT2D eigenvalue weighted by Crippen LogP contribution is -2.14. The number of fused-ring (bicyclic) bond motifs is 1. The van der Waals surface area contributed by atoms with Gasteiger partial charge in [-0.2, -0.15) is 0 Å². The summed E-state index contributed by atoms with van der Waals surface area (Å²) in [5.41, 5.74) is 1.15. The first-order valence-electron chi connectivity index (χ1n) is 6.25. The van der Waals surface area contributed by atoms with Crippen LogP contribution in [0.5, 0.6) is 5.75 Å². The number of benzene rings is 1. The van der Waals surface area contributed by atoms with E-state index in [0.29, 0.717) is 16.7 Å². The molecule has 1 aromatic heterocycles. The van der Waals surface area contributed by atoms with Crippen LogP contribution in [-0.4, -0.2) is 37.3 Å². The van der Waals surface area contributed by atoms with Gasteiger partial charge in [0.25, 0.3) is 0 Å². The zero-order valence-corrected chi connectivity index (χ0v) is 12.5. The van der Waals surface area contributed by atoms with Crippen molar-refractivity contribution in [2.45, 2.75) is 20.0 Å². The van der Waals surface area contributed by atoms with Gasteiger partial charge in [0, 0.05) is 28.9 Å². The molecule has 0 spiro atoms. The van der Waals surface area contributed by atoms with Crippen molar-refractivity contribution in [1.82, 2.24) is 4.98 Å². The van der Waals surface area contributed by atoms with Crippen LogP contribution in [0.25, 0.3) is 10.9 Å². The zero-order valence-electron chi connectivity index (χ0n) is 11.6. The highest BCUT2D eigenvalue weighted by atomic mass is 32.2. The highest BCUT2D eigenvalue weighted by Gasteiger charge is 2.17. The van der Waals surface area contributed by atoms with E-state index in [0.717, 1.165) is 11.8 Å². The van der Waals surface area contributed by atoms with Crippen molar-refractivity contribution in [3.63, 3.8) is 0 Å². The number of aromatic amines is 1. The van der Waals surface area contributed by atoms with Crippen molar-refractivity contribution >= 4 is 26.5 Å². The van der Waals surface area contributed by atoms with E-state index in [4.69, 9.17) is 4.74 Å². The third-order valence-corrected chi connectivity index (χ3v) is 3.51. The molecule has 6 heteroatoms. The Bertz CT molecular complexity index is 744. The predicted octanol–water partition coefficient (Wildman–Crippen LogP) is 2.18. The van der Waals surface area contributed by atoms with Crippen LogP contribution in [0.2, 0.25) is 0 Å². The Morgan fingerprint density at radius 2 is 2.05 bits per heavy atom. The molecule has 0 aliphatic rings. The largest absolute Gasteiger partial charge is 0.491 e. The van der Waals surface area contributed by atoms with Crippen LogP contribution >= 0.6 is 0 Å². The van der Waals surface area contributed by atoms with E-state index in [-0.39, 0.29) is 6.10 Å². The number of nitrogens with one attached hydrogen (secondary N) is 1. The minimum Gasteiger partial charge on any atom is -0.491 e. The number of hydrogen-bond donors (Lipinski definition) is 1. The Balaban J connectivity index is 2.41. The van der Waals surface area contributed by atoms with Crippen molar-refractivity contribution in [3.05, 3.63) is 30.0 Å². The first-order valence-corrected chi connectivity index (χ1v) is 8.31. The molecule has 0 bridgehead atoms. The van der Waals surface area contributed by atoms with Crippen LogP contribution in [0.4, 0.5) is 0 Å². The molecule has 2 aromatic rings. The maximum absolute atomic E-state index is 12.0. The molecular weight excluding hydrogens is 278 g/mol. The van der Waals surface area contributed by atoms with Gasteiger partial charge in [-0.25, -0.2) is 8.42 Å². The number of rotatable bonds is 5. The molecule has 1 aromatic carbocycles. The standard InChI is InChI=1S/C14H17NO4S/c1-9(2)19-10-4-5-13-11(6-10)12(7-15-13)14(16)8-20(3,17)18/h4-7,9,15H,8H2,1-3H3. The zero-order chi connectivity index (χ0) is 14.9. The van der Waals surface area contributed by atoms with Gasteiger partial charge in [0.05, 0.1) is 6.10 Å². The second-order valence-electron chi connectivity index (χ2n) is 5.07. The van der Waals surface area contributed by atoms with E-state index < -0.39 is 21.4 Å². The Kier molecular flexibility index (Phi) is 3.85. The lowest BCUT2D eigenvalue weighted by atomic mass is 10.1. The smallest absolute Gasteiger partial charge is 0.179 e. The molecule has 0 aliphatic carbocycles. The number of hydrogen-bond acceptors (Lipinski definition) is 4. The molecule has 5 nitrogen and oxygen atoms in total. The molecule has 0 aliphatic heterocycles. The quantitative estimate of drug-likeness (QED) is 0.858. The number of aromatic nitrogens is 1. The van der Waals surface area contributed by atoms with E-state index in [2.05, 4.69) is 4.98 Å². The maximum atomic E-state index is 12.0. The fourth-order valence-electron chi connectivity index (χ4n) is 1.99. The van der Waals surface area contributed by atoms with Gasteiger partial charge in [-0.05, 0) is 32.0 Å². The normalized spacial score (nSPS) is 12.0. The van der Waals surface area contributed by atoms with E-state index in [1.807, 2.05) is 26.0 Å². The monoisotopic (exact) mass is 295 g/mol. The van der Waals surface area contributed by atoms with Gasteiger partial charge in [-0.1, -0.05) is 0 Å². The molecule has 0 saturated heterocycles. The Labute approximate surface area is 117 Å². The van der Waals surface area contributed by atoms with Gasteiger partial charge in [-0.3, -0.25) is 4.79 Å². The van der Waals surface area contributed by atoms with E-state index in [1.54, 1.807) is 6.07 Å². The number of sulfone groups is 1. The molecule has 2 rings (SSSR count). The molecule has 108 valence electrons. The fraction of sp³-hybridized carbons (Fsp3) is 0.357. The highest BCUT2D eigenvalue weighted by Crippen LogP contribution is 2.25. The number of ketones is 1. The van der Waals surface area contributed by atoms with Crippen LogP contribution in [0.3, 0.4) is 0 Å². The van der Waals surface area contributed by atoms with Gasteiger partial charge in [-0.15, -0.1) is 0 Å². The lowest BCUT2D eigenvalue weighted by molar-refractivity contribution is 0.102. The summed E-state index contributed by atoms with van der Waals surface area (Å²) in [5, 5.41) is 0.678. The second kappa shape index (κ2) is 5.28. The number of H-pyrrole nitrogens is 1. The highest BCUT2D eigenvalue weighted by molar-refractivity contribution is 7.91. The molecule has 0 fully saturated rings. The van der Waals surface area contributed by atoms with Crippen molar-refractivity contribution < 1.29 is 17.9 Å². The molecule has 0 unspecified atom stereocenters. The third-order valence-electron chi connectivity index (χ3n) is 2.72. The summed E-state index contributed by atoms with van der Waals surface area (Å²) in [5.74, 6) is -0.254. The van der Waals surface area contributed by atoms with Gasteiger partial charge in [0.15, 0.2) is 15.6 Å². The Morgan fingerprint density at radius 1 is 1.35 bits per heavy atom. The molecule has 1 N–H and O–H groups in total. The average molecular weight is 295 g/mol. The van der Waals surface area contributed by atoms with Crippen molar-refractivity contribution in [1.29, 1.82) is 0 Å². The summed E-state index contributed by atoms with van der Waals surface area (Å²) in [6.45, 7) is 3.83. The second-order valence-corrected chi connectivity index (χ2v) is 7.21. The average Bonchev–Trinajstić information content (AvgIpc) is 2.68. The van der Waals surface area contributed by atoms with Crippen LogP contribution in [0.1, 0.15) is 24.2 Å². The molecule has 20 heavy (non-hydrogen) atoms. The first-order chi connectivity index (χ1) is 9.26. The minimum absolute atomic E-state index is 0.0292. The van der Waals surface area contributed by atoms with Gasteiger partial charge < -0.3 is 9.72 Å². The predicted molar refractivity (Wildman–Crippen MR) is 78.1 cm³/mol. The van der Waals surface area contributed by atoms with Crippen LogP contribution in [-0.2, 0) is 9.84 Å². The van der Waals surface area contributed by atoms with E-state index in [1.165, 1.54) is 6.20 Å². The molecule has 0 radical (unpaired) electrons. The van der Waals surface area contributed by atoms with Crippen LogP contribution in [0, 0.1) is 0 Å². The third kappa shape index (κ3) is 3.39. The molecule has 0 atom stereocenters. The van der Waals surface area contributed by atoms with Crippen LogP contribution in [0.15, 0.2) is 24.4 Å². The Morgan fingerprint density at radius 3 is 2.65 bits per heavy atom. The number of ether oxygens (including phenoxy) is 1. The summed E-state index contributed by atoms with van der Waals surface area (Å²) in [6, 6.07) is 5.37. The van der Waals surface area contributed by atoms with Gasteiger partial charge in [0.2, 0.25) is 0 Å². The van der Waals surface area contributed by atoms with E-state index in [9.17, 15) is 13.2 Å². The molecular formula is C14H17NO4S. The summed E-state index contributed by atoms with van der Waals surface area (Å²) < 4.78 is 28.0. The maximum Gasteiger partial charge on any atom is 0.179 e. The summed E-state index contributed by atoms with van der Waals surface area (Å²) in [7, 11) is -3.34. The number of carbonyl (C=O) groups is 1. The fourth-order valence-corrected chi connectivity index (χ4v) is 2.62. The molecule has 0 amide bonds. The van der Waals surface area contributed by atoms with Crippen molar-refractivity contribution in [2.24, 2.45) is 0 Å². The SMILES string of the molecule is CC(C)Oc1ccc2[nH]cc(C(=O)CS(C)(=O)=O)c2c1. The lowest BCUT2D eigenvalue weighted by Gasteiger charge is -2.09.